The number of carbonyl (C=O) groups excluding carboxylic acids is 1. The van der Waals surface area contributed by atoms with Crippen molar-refractivity contribution in [2.45, 2.75) is 36.6 Å². The standard InChI is InChI=1S/C15H19NO3S/c1-20-13-7-5-11(6-8-13)15(19)16-9-3-2-4-12(16)10-14(17)18/h5-8,12H,2-4,9-10H2,1H3,(H,17,18)/t12-/m1/s1. The molecule has 1 aliphatic heterocycles. The zero-order valence-electron chi connectivity index (χ0n) is 11.5. The quantitative estimate of drug-likeness (QED) is 0.867. The van der Waals surface area contributed by atoms with E-state index in [4.69, 9.17) is 5.11 Å². The van der Waals surface area contributed by atoms with Gasteiger partial charge in [0.05, 0.1) is 6.42 Å². The van der Waals surface area contributed by atoms with Gasteiger partial charge in [-0.2, -0.15) is 0 Å². The monoisotopic (exact) mass is 293 g/mol. The Morgan fingerprint density at radius 2 is 2.00 bits per heavy atom. The molecule has 2 rings (SSSR count). The molecule has 1 aromatic carbocycles. The zero-order valence-corrected chi connectivity index (χ0v) is 12.4. The fraction of sp³-hybridized carbons (Fsp3) is 0.467. The van der Waals surface area contributed by atoms with Crippen LogP contribution in [0.3, 0.4) is 0 Å². The van der Waals surface area contributed by atoms with Crippen LogP contribution in [-0.4, -0.2) is 40.7 Å². The van der Waals surface area contributed by atoms with Gasteiger partial charge >= 0.3 is 5.97 Å². The minimum absolute atomic E-state index is 0.0363. The Morgan fingerprint density at radius 1 is 1.30 bits per heavy atom. The van der Waals surface area contributed by atoms with Crippen LogP contribution < -0.4 is 0 Å². The number of likely N-dealkylation sites (tertiary alicyclic amines) is 1. The van der Waals surface area contributed by atoms with Crippen molar-refractivity contribution in [1.82, 2.24) is 4.90 Å². The van der Waals surface area contributed by atoms with E-state index in [2.05, 4.69) is 0 Å². The fourth-order valence-electron chi connectivity index (χ4n) is 2.58. The molecule has 108 valence electrons. The first kappa shape index (κ1) is 14.9. The van der Waals surface area contributed by atoms with Gasteiger partial charge in [0.25, 0.3) is 5.91 Å². The average Bonchev–Trinajstić information content (AvgIpc) is 2.46. The average molecular weight is 293 g/mol. The molecule has 0 bridgehead atoms. The first-order chi connectivity index (χ1) is 9.61. The molecule has 5 heteroatoms. The second-order valence-corrected chi connectivity index (χ2v) is 5.85. The highest BCUT2D eigenvalue weighted by atomic mass is 32.2. The maximum atomic E-state index is 12.5. The summed E-state index contributed by atoms with van der Waals surface area (Å²) < 4.78 is 0. The van der Waals surface area contributed by atoms with Crippen molar-refractivity contribution in [3.05, 3.63) is 29.8 Å². The van der Waals surface area contributed by atoms with Crippen LogP contribution in [0.5, 0.6) is 0 Å². The number of amides is 1. The van der Waals surface area contributed by atoms with Crippen molar-refractivity contribution in [2.75, 3.05) is 12.8 Å². The molecule has 0 aromatic heterocycles. The van der Waals surface area contributed by atoms with E-state index in [1.54, 1.807) is 16.7 Å². The summed E-state index contributed by atoms with van der Waals surface area (Å²) >= 11 is 1.63. The Labute approximate surface area is 123 Å². The third kappa shape index (κ3) is 3.54. The van der Waals surface area contributed by atoms with E-state index in [0.717, 1.165) is 24.2 Å². The van der Waals surface area contributed by atoms with E-state index >= 15 is 0 Å². The molecule has 1 fully saturated rings. The molecule has 0 spiro atoms. The summed E-state index contributed by atoms with van der Waals surface area (Å²) in [5, 5.41) is 8.96. The Kier molecular flexibility index (Phi) is 5.06. The van der Waals surface area contributed by atoms with E-state index in [0.29, 0.717) is 12.1 Å². The van der Waals surface area contributed by atoms with Gasteiger partial charge in [0, 0.05) is 23.0 Å². The highest BCUT2D eigenvalue weighted by molar-refractivity contribution is 7.98. The number of benzene rings is 1. The van der Waals surface area contributed by atoms with Crippen molar-refractivity contribution < 1.29 is 14.7 Å². The van der Waals surface area contributed by atoms with Gasteiger partial charge < -0.3 is 10.0 Å². The van der Waals surface area contributed by atoms with Crippen molar-refractivity contribution in [2.24, 2.45) is 0 Å². The fourth-order valence-corrected chi connectivity index (χ4v) is 2.99. The van der Waals surface area contributed by atoms with E-state index in [9.17, 15) is 9.59 Å². The highest BCUT2D eigenvalue weighted by Gasteiger charge is 2.28. The second-order valence-electron chi connectivity index (χ2n) is 4.97. The summed E-state index contributed by atoms with van der Waals surface area (Å²) in [4.78, 5) is 26.3. The first-order valence-corrected chi connectivity index (χ1v) is 8.01. The normalized spacial score (nSPS) is 18.9. The van der Waals surface area contributed by atoms with E-state index in [-0.39, 0.29) is 18.4 Å². The molecule has 1 amide bonds. The van der Waals surface area contributed by atoms with Gasteiger partial charge in [0.1, 0.15) is 0 Å². The van der Waals surface area contributed by atoms with E-state index in [1.807, 2.05) is 30.5 Å². The van der Waals surface area contributed by atoms with Crippen molar-refractivity contribution in [1.29, 1.82) is 0 Å². The summed E-state index contributed by atoms with van der Waals surface area (Å²) in [7, 11) is 0. The molecule has 1 N–H and O–H groups in total. The van der Waals surface area contributed by atoms with Crippen LogP contribution in [0.15, 0.2) is 29.2 Å². The number of nitrogens with zero attached hydrogens (tertiary/aromatic N) is 1. The minimum atomic E-state index is -0.840. The van der Waals surface area contributed by atoms with Gasteiger partial charge in [-0.3, -0.25) is 9.59 Å². The lowest BCUT2D eigenvalue weighted by atomic mass is 9.98. The smallest absolute Gasteiger partial charge is 0.305 e. The largest absolute Gasteiger partial charge is 0.481 e. The number of aliphatic carboxylic acids is 1. The van der Waals surface area contributed by atoms with Crippen LogP contribution in [0.2, 0.25) is 0 Å². The predicted molar refractivity (Wildman–Crippen MR) is 79.2 cm³/mol. The number of carboxylic acid groups (broad SMARTS) is 1. The SMILES string of the molecule is CSc1ccc(C(=O)N2CCCC[C@@H]2CC(=O)O)cc1. The Balaban J connectivity index is 2.13. The second kappa shape index (κ2) is 6.79. The topological polar surface area (TPSA) is 57.6 Å². The van der Waals surface area contributed by atoms with Crippen LogP contribution in [0.1, 0.15) is 36.0 Å². The minimum Gasteiger partial charge on any atom is -0.481 e. The summed E-state index contributed by atoms with van der Waals surface area (Å²) in [6.45, 7) is 0.654. The summed E-state index contributed by atoms with van der Waals surface area (Å²) in [5.74, 6) is -0.893. The predicted octanol–water partition coefficient (Wildman–Crippen LogP) is 2.88. The molecule has 1 heterocycles. The number of hydrogen-bond donors (Lipinski definition) is 1. The molecule has 1 aliphatic rings. The number of rotatable bonds is 4. The molecular formula is C15H19NO3S. The lowest BCUT2D eigenvalue weighted by Crippen LogP contribution is -2.44. The number of piperidine rings is 1. The van der Waals surface area contributed by atoms with Crippen LogP contribution >= 0.6 is 11.8 Å². The molecule has 0 saturated carbocycles. The third-order valence-corrected chi connectivity index (χ3v) is 4.38. The molecule has 0 radical (unpaired) electrons. The Bertz CT molecular complexity index is 486. The number of thioether (sulfide) groups is 1. The van der Waals surface area contributed by atoms with Crippen molar-refractivity contribution in [3.63, 3.8) is 0 Å². The van der Waals surface area contributed by atoms with Crippen LogP contribution in [0.4, 0.5) is 0 Å². The van der Waals surface area contributed by atoms with Crippen LogP contribution in [-0.2, 0) is 4.79 Å². The Morgan fingerprint density at radius 3 is 2.60 bits per heavy atom. The molecule has 0 unspecified atom stereocenters. The van der Waals surface area contributed by atoms with Gasteiger partial charge in [-0.1, -0.05) is 0 Å². The summed E-state index contributed by atoms with van der Waals surface area (Å²) in [6.07, 6.45) is 4.75. The Hall–Kier alpha value is -1.49. The van der Waals surface area contributed by atoms with Crippen molar-refractivity contribution in [3.8, 4) is 0 Å². The first-order valence-electron chi connectivity index (χ1n) is 6.78. The van der Waals surface area contributed by atoms with Crippen LogP contribution in [0.25, 0.3) is 0 Å². The van der Waals surface area contributed by atoms with Gasteiger partial charge in [-0.15, -0.1) is 11.8 Å². The lowest BCUT2D eigenvalue weighted by Gasteiger charge is -2.35. The molecule has 1 atom stereocenters. The highest BCUT2D eigenvalue weighted by Crippen LogP contribution is 2.23. The summed E-state index contributed by atoms with van der Waals surface area (Å²) in [5.41, 5.74) is 0.639. The molecule has 1 aromatic rings. The van der Waals surface area contributed by atoms with E-state index in [1.165, 1.54) is 0 Å². The molecule has 20 heavy (non-hydrogen) atoms. The van der Waals surface area contributed by atoms with Crippen molar-refractivity contribution >= 4 is 23.6 Å². The lowest BCUT2D eigenvalue weighted by molar-refractivity contribution is -0.138. The number of carbonyl (C=O) groups is 2. The van der Waals surface area contributed by atoms with Gasteiger partial charge in [0.15, 0.2) is 0 Å². The van der Waals surface area contributed by atoms with E-state index < -0.39 is 5.97 Å². The van der Waals surface area contributed by atoms with Crippen LogP contribution in [0, 0.1) is 0 Å². The van der Waals surface area contributed by atoms with Gasteiger partial charge in [-0.25, -0.2) is 0 Å². The molecule has 0 aliphatic carbocycles. The van der Waals surface area contributed by atoms with Gasteiger partial charge in [0.2, 0.25) is 0 Å². The third-order valence-electron chi connectivity index (χ3n) is 3.64. The maximum Gasteiger partial charge on any atom is 0.305 e. The number of hydrogen-bond acceptors (Lipinski definition) is 3. The molecular weight excluding hydrogens is 274 g/mol. The van der Waals surface area contributed by atoms with Gasteiger partial charge in [-0.05, 0) is 49.8 Å². The summed E-state index contributed by atoms with van der Waals surface area (Å²) in [6, 6.07) is 7.32. The number of carboxylic acids is 1. The maximum absolute atomic E-state index is 12.5. The zero-order chi connectivity index (χ0) is 14.5. The molecule has 1 saturated heterocycles. The molecule has 4 nitrogen and oxygen atoms in total.